The molecule has 29 heavy (non-hydrogen) atoms. The van der Waals surface area contributed by atoms with E-state index in [9.17, 15) is 0 Å². The molecule has 0 radical (unpaired) electrons. The Morgan fingerprint density at radius 3 is 1.48 bits per heavy atom. The molecule has 0 bridgehead atoms. The molecule has 0 saturated carbocycles. The second-order valence-electron chi connectivity index (χ2n) is 9.46. The average molecular weight is 525 g/mol. The van der Waals surface area contributed by atoms with Crippen LogP contribution in [0.2, 0.25) is 0 Å². The molecule has 0 spiro atoms. The molecule has 0 atom stereocenters. The normalized spacial score (nSPS) is 15.9. The first kappa shape index (κ1) is 29.6. The van der Waals surface area contributed by atoms with Crippen LogP contribution in [0.3, 0.4) is 0 Å². The van der Waals surface area contributed by atoms with Crippen LogP contribution >= 0.6 is 0 Å². The lowest BCUT2D eigenvalue weighted by Gasteiger charge is -2.37. The van der Waals surface area contributed by atoms with E-state index in [-0.39, 0.29) is 24.0 Å². The number of ether oxygens (including phenoxy) is 1. The molecule has 1 aliphatic heterocycles. The van der Waals surface area contributed by atoms with E-state index in [2.05, 4.69) is 19.3 Å². The van der Waals surface area contributed by atoms with Gasteiger partial charge in [-0.15, -0.1) is 0 Å². The first-order chi connectivity index (χ1) is 13.8. The second kappa shape index (κ2) is 21.8. The van der Waals surface area contributed by atoms with Gasteiger partial charge in [0.2, 0.25) is 0 Å². The zero-order chi connectivity index (χ0) is 20.2. The number of nitrogens with one attached hydrogen (secondary N) is 1. The van der Waals surface area contributed by atoms with Gasteiger partial charge in [-0.05, 0) is 6.42 Å². The molecule has 0 aromatic rings. The fourth-order valence-electron chi connectivity index (χ4n) is 4.30. The molecule has 1 rings (SSSR count). The predicted molar refractivity (Wildman–Crippen MR) is 124 cm³/mol. The molecular weight excluding hydrogens is 471 g/mol. The van der Waals surface area contributed by atoms with E-state index in [4.69, 9.17) is 4.74 Å². The maximum Gasteiger partial charge on any atom is 0.102 e. The smallest absolute Gasteiger partial charge is 0.102 e. The number of likely N-dealkylation sites (N-methyl/N-ethyl adjacent to an activating group) is 1. The highest BCUT2D eigenvalue weighted by Crippen LogP contribution is 2.13. The average Bonchev–Trinajstić information content (AvgIpc) is 2.70. The van der Waals surface area contributed by atoms with Crippen LogP contribution in [0.15, 0.2) is 0 Å². The predicted octanol–water partition coefficient (Wildman–Crippen LogP) is 3.32. The zero-order valence-electron chi connectivity index (χ0n) is 20.0. The quantitative estimate of drug-likeness (QED) is 0.150. The van der Waals surface area contributed by atoms with Gasteiger partial charge in [0.15, 0.2) is 0 Å². The van der Waals surface area contributed by atoms with Crippen LogP contribution in [0.1, 0.15) is 110 Å². The molecule has 0 unspecified atom stereocenters. The third-order valence-corrected chi connectivity index (χ3v) is 6.57. The van der Waals surface area contributed by atoms with E-state index >= 15 is 0 Å². The Hall–Kier alpha value is 0.610. The number of halogens is 1. The Morgan fingerprint density at radius 2 is 1.03 bits per heavy atom. The van der Waals surface area contributed by atoms with Gasteiger partial charge < -0.3 is 38.5 Å². The molecule has 1 N–H and O–H groups in total. The summed E-state index contributed by atoms with van der Waals surface area (Å²) in [6.07, 6.45) is 22.9. The molecule has 0 aliphatic carbocycles. The summed E-state index contributed by atoms with van der Waals surface area (Å²) in [5.74, 6) is 0. The third kappa shape index (κ3) is 19.1. The topological polar surface area (TPSA) is 21.3 Å². The molecule has 3 nitrogen and oxygen atoms in total. The van der Waals surface area contributed by atoms with Crippen LogP contribution < -0.4 is 29.3 Å². The molecule has 0 aromatic heterocycles. The Bertz CT molecular complexity index is 322. The maximum atomic E-state index is 5.88. The molecule has 1 fully saturated rings. The standard InChI is InChI=1S/C25H53N2O.HI/c1-3-4-5-6-7-8-9-10-11-12-13-14-15-16-17-18-24-28-25-23-27(2)21-19-26-20-22-27;/h26H,3-25H2,1-2H3;1H/q+1;/p-1. The highest BCUT2D eigenvalue weighted by Gasteiger charge is 2.23. The summed E-state index contributed by atoms with van der Waals surface area (Å²) in [4.78, 5) is 0. The minimum absolute atomic E-state index is 0. The fraction of sp³-hybridized carbons (Fsp3) is 1.00. The summed E-state index contributed by atoms with van der Waals surface area (Å²) in [6.45, 7) is 10.2. The van der Waals surface area contributed by atoms with E-state index in [1.165, 1.54) is 127 Å². The lowest BCUT2D eigenvalue weighted by Crippen LogP contribution is -3.00. The molecular formula is C25H53IN2O. The van der Waals surface area contributed by atoms with E-state index in [0.29, 0.717) is 0 Å². The van der Waals surface area contributed by atoms with Crippen molar-refractivity contribution in [2.45, 2.75) is 110 Å². The van der Waals surface area contributed by atoms with Gasteiger partial charge >= 0.3 is 0 Å². The number of unbranched alkanes of at least 4 members (excludes halogenated alkanes) is 15. The van der Waals surface area contributed by atoms with Crippen LogP contribution in [-0.4, -0.2) is 57.5 Å². The number of quaternary nitrogens is 1. The van der Waals surface area contributed by atoms with Crippen molar-refractivity contribution >= 4 is 0 Å². The van der Waals surface area contributed by atoms with E-state index in [0.717, 1.165) is 26.3 Å². The summed E-state index contributed by atoms with van der Waals surface area (Å²) < 4.78 is 7.07. The highest BCUT2D eigenvalue weighted by molar-refractivity contribution is 4.55. The largest absolute Gasteiger partial charge is 1.00 e. The molecule has 176 valence electrons. The van der Waals surface area contributed by atoms with Crippen molar-refractivity contribution in [2.24, 2.45) is 0 Å². The van der Waals surface area contributed by atoms with Crippen molar-refractivity contribution in [3.8, 4) is 0 Å². The lowest BCUT2D eigenvalue weighted by molar-refractivity contribution is -0.911. The number of piperazine rings is 1. The summed E-state index contributed by atoms with van der Waals surface area (Å²) in [6, 6.07) is 0. The van der Waals surface area contributed by atoms with Crippen molar-refractivity contribution in [1.82, 2.24) is 5.32 Å². The van der Waals surface area contributed by atoms with Gasteiger partial charge in [-0.25, -0.2) is 0 Å². The minimum atomic E-state index is 0. The summed E-state index contributed by atoms with van der Waals surface area (Å²) in [7, 11) is 2.37. The van der Waals surface area contributed by atoms with Gasteiger partial charge in [0.25, 0.3) is 0 Å². The van der Waals surface area contributed by atoms with E-state index in [1.807, 2.05) is 0 Å². The number of hydrogen-bond acceptors (Lipinski definition) is 2. The van der Waals surface area contributed by atoms with Gasteiger partial charge in [0, 0.05) is 19.7 Å². The minimum Gasteiger partial charge on any atom is -1.00 e. The van der Waals surface area contributed by atoms with Crippen LogP contribution in [0.4, 0.5) is 0 Å². The summed E-state index contributed by atoms with van der Waals surface area (Å²) in [5, 5.41) is 3.45. The molecule has 0 aromatic carbocycles. The molecule has 1 aliphatic rings. The first-order valence-corrected chi connectivity index (χ1v) is 12.9. The first-order valence-electron chi connectivity index (χ1n) is 12.9. The van der Waals surface area contributed by atoms with Crippen molar-refractivity contribution in [2.75, 3.05) is 53.0 Å². The Labute approximate surface area is 200 Å². The molecule has 4 heteroatoms. The molecule has 0 amide bonds. The Balaban J connectivity index is 0.00000784. The number of rotatable bonds is 20. The molecule has 1 heterocycles. The van der Waals surface area contributed by atoms with Crippen molar-refractivity contribution in [3.05, 3.63) is 0 Å². The summed E-state index contributed by atoms with van der Waals surface area (Å²) >= 11 is 0. The van der Waals surface area contributed by atoms with Crippen LogP contribution in [0.25, 0.3) is 0 Å². The number of hydrogen-bond donors (Lipinski definition) is 1. The van der Waals surface area contributed by atoms with Crippen LogP contribution in [0, 0.1) is 0 Å². The van der Waals surface area contributed by atoms with E-state index in [1.54, 1.807) is 0 Å². The van der Waals surface area contributed by atoms with Crippen LogP contribution in [0.5, 0.6) is 0 Å². The van der Waals surface area contributed by atoms with Gasteiger partial charge in [0.05, 0.1) is 26.7 Å². The van der Waals surface area contributed by atoms with Crippen LogP contribution in [-0.2, 0) is 4.74 Å². The van der Waals surface area contributed by atoms with Gasteiger partial charge in [0.1, 0.15) is 6.54 Å². The second-order valence-corrected chi connectivity index (χ2v) is 9.46. The van der Waals surface area contributed by atoms with E-state index < -0.39 is 0 Å². The zero-order valence-corrected chi connectivity index (χ0v) is 22.2. The highest BCUT2D eigenvalue weighted by atomic mass is 127. The Kier molecular flexibility index (Phi) is 22.3. The fourth-order valence-corrected chi connectivity index (χ4v) is 4.30. The van der Waals surface area contributed by atoms with Gasteiger partial charge in [-0.1, -0.05) is 103 Å². The van der Waals surface area contributed by atoms with Crippen molar-refractivity contribution in [3.63, 3.8) is 0 Å². The van der Waals surface area contributed by atoms with Crippen molar-refractivity contribution < 1.29 is 33.2 Å². The lowest BCUT2D eigenvalue weighted by atomic mass is 10.0. The SMILES string of the molecule is CCCCCCCCCCCCCCCCCCOCC[N+]1(C)CCNCC1.[I-]. The monoisotopic (exact) mass is 524 g/mol. The van der Waals surface area contributed by atoms with Gasteiger partial charge in [-0.3, -0.25) is 0 Å². The molecule has 1 saturated heterocycles. The maximum absolute atomic E-state index is 5.88. The van der Waals surface area contributed by atoms with Crippen molar-refractivity contribution in [1.29, 1.82) is 0 Å². The summed E-state index contributed by atoms with van der Waals surface area (Å²) in [5.41, 5.74) is 0. The number of nitrogens with zero attached hydrogens (tertiary/aromatic N) is 1. The Morgan fingerprint density at radius 1 is 0.621 bits per heavy atom. The third-order valence-electron chi connectivity index (χ3n) is 6.57. The van der Waals surface area contributed by atoms with Gasteiger partial charge in [-0.2, -0.15) is 0 Å².